The third kappa shape index (κ3) is 8.31. The van der Waals surface area contributed by atoms with Crippen LogP contribution >= 0.6 is 15.9 Å². The van der Waals surface area contributed by atoms with Crippen molar-refractivity contribution in [2.24, 2.45) is 11.8 Å². The van der Waals surface area contributed by atoms with E-state index < -0.39 is 18.1 Å². The Hall–Kier alpha value is -2.67. The second-order valence-corrected chi connectivity index (χ2v) is 9.36. The Balaban J connectivity index is 2.09. The number of anilines is 1. The van der Waals surface area contributed by atoms with Gasteiger partial charge in [0, 0.05) is 22.5 Å². The lowest BCUT2D eigenvalue weighted by atomic mass is 9.89. The van der Waals surface area contributed by atoms with Crippen molar-refractivity contribution in [1.82, 2.24) is 5.32 Å². The molecular formula is C26H33BrN2O4. The molecule has 0 radical (unpaired) electrons. The number of ketones is 1. The van der Waals surface area contributed by atoms with Crippen LogP contribution in [0.3, 0.4) is 0 Å². The Morgan fingerprint density at radius 3 is 2.06 bits per heavy atom. The van der Waals surface area contributed by atoms with Gasteiger partial charge in [0.25, 0.3) is 0 Å². The first-order chi connectivity index (χ1) is 15.7. The van der Waals surface area contributed by atoms with Crippen LogP contribution in [0.1, 0.15) is 46.5 Å². The average molecular weight is 517 g/mol. The van der Waals surface area contributed by atoms with Crippen LogP contribution < -0.4 is 10.6 Å². The van der Waals surface area contributed by atoms with Gasteiger partial charge in [0.05, 0.1) is 13.2 Å². The molecule has 0 aliphatic heterocycles. The van der Waals surface area contributed by atoms with Crippen LogP contribution in [0.4, 0.5) is 10.5 Å². The van der Waals surface area contributed by atoms with Crippen LogP contribution in [0.15, 0.2) is 53.0 Å². The van der Waals surface area contributed by atoms with E-state index in [9.17, 15) is 14.4 Å². The molecule has 33 heavy (non-hydrogen) atoms. The zero-order valence-corrected chi connectivity index (χ0v) is 21.3. The van der Waals surface area contributed by atoms with E-state index in [0.717, 1.165) is 28.4 Å². The van der Waals surface area contributed by atoms with Crippen molar-refractivity contribution in [2.75, 3.05) is 12.4 Å². The number of hydrogen-bond donors (Lipinski definition) is 2. The van der Waals surface area contributed by atoms with Gasteiger partial charge in [-0.15, -0.1) is 0 Å². The Morgan fingerprint density at radius 2 is 1.55 bits per heavy atom. The normalized spacial score (nSPS) is 12.7. The standard InChI is InChI=1S/C26H33BrN2O4/c1-5-6-7-20(16-23(30)24(17(2)3)29-26(32)33-4)25(31)28-22-14-10-19(11-15-22)18-8-12-21(27)13-9-18/h8-15,17,20,24H,5-7,16H2,1-4H3,(H,28,31)(H,29,32). The molecule has 2 unspecified atom stereocenters. The number of hydrogen-bond acceptors (Lipinski definition) is 4. The number of methoxy groups -OCH3 is 1. The molecule has 6 nitrogen and oxygen atoms in total. The number of halogens is 1. The van der Waals surface area contributed by atoms with Crippen LogP contribution in [0.25, 0.3) is 11.1 Å². The van der Waals surface area contributed by atoms with Crippen molar-refractivity contribution < 1.29 is 19.1 Å². The third-order valence-electron chi connectivity index (χ3n) is 5.53. The van der Waals surface area contributed by atoms with Gasteiger partial charge in [-0.3, -0.25) is 9.59 Å². The molecule has 0 aromatic heterocycles. The summed E-state index contributed by atoms with van der Waals surface area (Å²) in [5.74, 6) is -0.937. The van der Waals surface area contributed by atoms with Gasteiger partial charge in [0.1, 0.15) is 0 Å². The molecule has 2 rings (SSSR count). The van der Waals surface area contributed by atoms with Gasteiger partial charge < -0.3 is 15.4 Å². The SMILES string of the molecule is CCCCC(CC(=O)C(NC(=O)OC)C(C)C)C(=O)Nc1ccc(-c2ccc(Br)cc2)cc1. The number of ether oxygens (including phenoxy) is 1. The molecule has 7 heteroatoms. The summed E-state index contributed by atoms with van der Waals surface area (Å²) in [6, 6.07) is 15.0. The molecule has 2 amide bonds. The molecule has 0 saturated carbocycles. The Morgan fingerprint density at radius 1 is 0.970 bits per heavy atom. The highest BCUT2D eigenvalue weighted by molar-refractivity contribution is 9.10. The van der Waals surface area contributed by atoms with E-state index >= 15 is 0 Å². The quantitative estimate of drug-likeness (QED) is 0.372. The van der Waals surface area contributed by atoms with E-state index in [1.165, 1.54) is 7.11 Å². The molecule has 2 N–H and O–H groups in total. The molecule has 2 aromatic rings. The fourth-order valence-corrected chi connectivity index (χ4v) is 3.85. The number of nitrogens with one attached hydrogen (secondary N) is 2. The molecule has 2 aromatic carbocycles. The van der Waals surface area contributed by atoms with Gasteiger partial charge >= 0.3 is 6.09 Å². The van der Waals surface area contributed by atoms with Crippen LogP contribution in [0.2, 0.25) is 0 Å². The van der Waals surface area contributed by atoms with E-state index in [1.807, 2.05) is 69.3 Å². The first-order valence-corrected chi connectivity index (χ1v) is 12.1. The second-order valence-electron chi connectivity index (χ2n) is 8.44. The zero-order valence-electron chi connectivity index (χ0n) is 19.7. The number of benzene rings is 2. The van der Waals surface area contributed by atoms with Gasteiger partial charge in [0.2, 0.25) is 5.91 Å². The van der Waals surface area contributed by atoms with Gasteiger partial charge in [-0.05, 0) is 47.7 Å². The molecule has 0 aliphatic rings. The molecule has 0 aliphatic carbocycles. The number of carbonyl (C=O) groups is 3. The number of rotatable bonds is 11. The van der Waals surface area contributed by atoms with E-state index in [2.05, 4.69) is 31.3 Å². The van der Waals surface area contributed by atoms with Crippen molar-refractivity contribution in [1.29, 1.82) is 0 Å². The fraction of sp³-hybridized carbons (Fsp3) is 0.423. The van der Waals surface area contributed by atoms with E-state index in [-0.39, 0.29) is 24.0 Å². The van der Waals surface area contributed by atoms with Crippen LogP contribution in [0.5, 0.6) is 0 Å². The molecule has 2 atom stereocenters. The second kappa shape index (κ2) is 13.1. The fourth-order valence-electron chi connectivity index (χ4n) is 3.58. The van der Waals surface area contributed by atoms with Crippen molar-refractivity contribution >= 4 is 39.4 Å². The number of carbonyl (C=O) groups excluding carboxylic acids is 3. The predicted octanol–water partition coefficient (Wildman–Crippen LogP) is 6.20. The maximum absolute atomic E-state index is 13.0. The van der Waals surface area contributed by atoms with Crippen LogP contribution in [0, 0.1) is 11.8 Å². The summed E-state index contributed by atoms with van der Waals surface area (Å²) in [4.78, 5) is 37.6. The minimum absolute atomic E-state index is 0.0651. The zero-order chi connectivity index (χ0) is 24.4. The van der Waals surface area contributed by atoms with E-state index in [1.54, 1.807) is 0 Å². The summed E-state index contributed by atoms with van der Waals surface area (Å²) < 4.78 is 5.66. The lowest BCUT2D eigenvalue weighted by molar-refractivity contribution is -0.128. The maximum Gasteiger partial charge on any atom is 0.407 e. The smallest absolute Gasteiger partial charge is 0.407 e. The Bertz CT molecular complexity index is 926. The number of alkyl carbamates (subject to hydrolysis) is 1. The first-order valence-electron chi connectivity index (χ1n) is 11.3. The highest BCUT2D eigenvalue weighted by atomic mass is 79.9. The number of Topliss-reactive ketones (excluding diaryl/α,β-unsaturated/α-hetero) is 1. The highest BCUT2D eigenvalue weighted by Crippen LogP contribution is 2.24. The summed E-state index contributed by atoms with van der Waals surface area (Å²) in [6.07, 6.45) is 1.78. The summed E-state index contributed by atoms with van der Waals surface area (Å²) in [5, 5.41) is 5.55. The lowest BCUT2D eigenvalue weighted by Gasteiger charge is -2.23. The minimum Gasteiger partial charge on any atom is -0.453 e. The highest BCUT2D eigenvalue weighted by Gasteiger charge is 2.29. The Kier molecular flexibility index (Phi) is 10.6. The van der Waals surface area contributed by atoms with Gasteiger partial charge in [0.15, 0.2) is 5.78 Å². The summed E-state index contributed by atoms with van der Waals surface area (Å²) in [7, 11) is 1.26. The summed E-state index contributed by atoms with van der Waals surface area (Å²) >= 11 is 3.44. The summed E-state index contributed by atoms with van der Waals surface area (Å²) in [5.41, 5.74) is 2.81. The summed E-state index contributed by atoms with van der Waals surface area (Å²) in [6.45, 7) is 5.76. The van der Waals surface area contributed by atoms with E-state index in [0.29, 0.717) is 12.1 Å². The molecule has 0 fully saturated rings. The predicted molar refractivity (Wildman–Crippen MR) is 135 cm³/mol. The van der Waals surface area contributed by atoms with E-state index in [4.69, 9.17) is 0 Å². The largest absolute Gasteiger partial charge is 0.453 e. The molecule has 0 saturated heterocycles. The minimum atomic E-state index is -0.695. The average Bonchev–Trinajstić information content (AvgIpc) is 2.80. The van der Waals surface area contributed by atoms with Crippen molar-refractivity contribution in [3.05, 3.63) is 53.0 Å². The monoisotopic (exact) mass is 516 g/mol. The molecule has 0 heterocycles. The lowest BCUT2D eigenvalue weighted by Crippen LogP contribution is -2.45. The first kappa shape index (κ1) is 26.6. The maximum atomic E-state index is 13.0. The van der Waals surface area contributed by atoms with Crippen molar-refractivity contribution in [3.8, 4) is 11.1 Å². The topological polar surface area (TPSA) is 84.5 Å². The molecular weight excluding hydrogens is 484 g/mol. The van der Waals surface area contributed by atoms with Crippen molar-refractivity contribution in [3.63, 3.8) is 0 Å². The van der Waals surface area contributed by atoms with Gasteiger partial charge in [-0.1, -0.05) is 73.8 Å². The number of unbranched alkanes of at least 4 members (excludes halogenated alkanes) is 1. The Labute approximate surface area is 204 Å². The molecule has 0 spiro atoms. The van der Waals surface area contributed by atoms with Gasteiger partial charge in [-0.2, -0.15) is 0 Å². The van der Waals surface area contributed by atoms with Crippen molar-refractivity contribution in [2.45, 2.75) is 52.5 Å². The molecule has 178 valence electrons. The van der Waals surface area contributed by atoms with Crippen LogP contribution in [-0.4, -0.2) is 30.9 Å². The molecule has 0 bridgehead atoms. The number of amides is 2. The van der Waals surface area contributed by atoms with Crippen LogP contribution in [-0.2, 0) is 14.3 Å². The third-order valence-corrected chi connectivity index (χ3v) is 6.06. The van der Waals surface area contributed by atoms with Gasteiger partial charge in [-0.25, -0.2) is 4.79 Å².